The summed E-state index contributed by atoms with van der Waals surface area (Å²) in [6.07, 6.45) is 0.902. The van der Waals surface area contributed by atoms with Crippen LogP contribution >= 0.6 is 0 Å². The zero-order valence-electron chi connectivity index (χ0n) is 13.3. The van der Waals surface area contributed by atoms with Crippen LogP contribution in [0.15, 0.2) is 36.4 Å². The van der Waals surface area contributed by atoms with Crippen molar-refractivity contribution in [3.63, 3.8) is 0 Å². The van der Waals surface area contributed by atoms with Gasteiger partial charge in [-0.2, -0.15) is 0 Å². The summed E-state index contributed by atoms with van der Waals surface area (Å²) in [5.74, 6) is 1.53. The number of pyridine rings is 1. The SMILES string of the molecule is CCc1cc(CNC(C)C)cc(Oc2ccccc2C)n1. The quantitative estimate of drug-likeness (QED) is 0.861. The Morgan fingerprint density at radius 3 is 2.62 bits per heavy atom. The monoisotopic (exact) mass is 284 g/mol. The van der Waals surface area contributed by atoms with Crippen molar-refractivity contribution in [3.05, 3.63) is 53.2 Å². The molecule has 0 saturated heterocycles. The average molecular weight is 284 g/mol. The molecule has 0 aliphatic rings. The van der Waals surface area contributed by atoms with Gasteiger partial charge in [0.15, 0.2) is 0 Å². The fourth-order valence-corrected chi connectivity index (χ4v) is 2.06. The second-order valence-electron chi connectivity index (χ2n) is 5.56. The number of aromatic nitrogens is 1. The van der Waals surface area contributed by atoms with E-state index < -0.39 is 0 Å². The number of hydrogen-bond acceptors (Lipinski definition) is 3. The summed E-state index contributed by atoms with van der Waals surface area (Å²) in [6, 6.07) is 12.6. The van der Waals surface area contributed by atoms with Crippen LogP contribution in [-0.2, 0) is 13.0 Å². The van der Waals surface area contributed by atoms with Gasteiger partial charge in [0, 0.05) is 24.3 Å². The van der Waals surface area contributed by atoms with E-state index in [4.69, 9.17) is 4.74 Å². The van der Waals surface area contributed by atoms with Gasteiger partial charge in [-0.3, -0.25) is 0 Å². The summed E-state index contributed by atoms with van der Waals surface area (Å²) < 4.78 is 5.96. The number of ether oxygens (including phenoxy) is 1. The van der Waals surface area contributed by atoms with Crippen LogP contribution in [0.1, 0.15) is 37.6 Å². The van der Waals surface area contributed by atoms with E-state index in [0.29, 0.717) is 11.9 Å². The molecule has 1 aromatic carbocycles. The first-order valence-corrected chi connectivity index (χ1v) is 7.55. The van der Waals surface area contributed by atoms with E-state index in [-0.39, 0.29) is 0 Å². The normalized spacial score (nSPS) is 10.9. The minimum atomic E-state index is 0.462. The molecule has 21 heavy (non-hydrogen) atoms. The summed E-state index contributed by atoms with van der Waals surface area (Å²) in [7, 11) is 0. The number of para-hydroxylation sites is 1. The van der Waals surface area contributed by atoms with E-state index >= 15 is 0 Å². The highest BCUT2D eigenvalue weighted by molar-refractivity contribution is 5.36. The molecule has 0 fully saturated rings. The largest absolute Gasteiger partial charge is 0.439 e. The van der Waals surface area contributed by atoms with E-state index in [2.05, 4.69) is 37.1 Å². The van der Waals surface area contributed by atoms with Gasteiger partial charge in [0.25, 0.3) is 0 Å². The Morgan fingerprint density at radius 2 is 1.95 bits per heavy atom. The third kappa shape index (κ3) is 4.57. The number of benzene rings is 1. The zero-order valence-corrected chi connectivity index (χ0v) is 13.3. The molecule has 0 spiro atoms. The minimum absolute atomic E-state index is 0.462. The first-order valence-electron chi connectivity index (χ1n) is 7.55. The van der Waals surface area contributed by atoms with Crippen LogP contribution in [0, 0.1) is 6.92 Å². The number of rotatable bonds is 6. The standard InChI is InChI=1S/C18H24N2O/c1-5-16-10-15(12-19-13(2)3)11-18(20-16)21-17-9-7-6-8-14(17)4/h6-11,13,19H,5,12H2,1-4H3. The molecule has 3 heteroatoms. The summed E-state index contributed by atoms with van der Waals surface area (Å²) in [6.45, 7) is 9.27. The fraction of sp³-hybridized carbons (Fsp3) is 0.389. The Bertz CT molecular complexity index is 594. The summed E-state index contributed by atoms with van der Waals surface area (Å²) in [5, 5.41) is 3.43. The van der Waals surface area contributed by atoms with E-state index in [1.165, 1.54) is 5.56 Å². The van der Waals surface area contributed by atoms with Crippen molar-refractivity contribution >= 4 is 0 Å². The lowest BCUT2D eigenvalue weighted by Crippen LogP contribution is -2.22. The minimum Gasteiger partial charge on any atom is -0.439 e. The Balaban J connectivity index is 2.22. The lowest BCUT2D eigenvalue weighted by Gasteiger charge is -2.12. The third-order valence-corrected chi connectivity index (χ3v) is 3.30. The molecule has 0 saturated carbocycles. The predicted octanol–water partition coefficient (Wildman–Crippen LogP) is 4.24. The highest BCUT2D eigenvalue weighted by Gasteiger charge is 2.06. The van der Waals surface area contributed by atoms with Gasteiger partial charge in [-0.05, 0) is 36.6 Å². The van der Waals surface area contributed by atoms with Crippen LogP contribution in [0.3, 0.4) is 0 Å². The Kier molecular flexibility index (Phi) is 5.34. The molecule has 0 amide bonds. The summed E-state index contributed by atoms with van der Waals surface area (Å²) in [4.78, 5) is 4.57. The highest BCUT2D eigenvalue weighted by atomic mass is 16.5. The van der Waals surface area contributed by atoms with E-state index in [9.17, 15) is 0 Å². The molecule has 0 unspecified atom stereocenters. The maximum atomic E-state index is 5.96. The van der Waals surface area contributed by atoms with E-state index in [0.717, 1.165) is 30.0 Å². The Morgan fingerprint density at radius 1 is 1.19 bits per heavy atom. The van der Waals surface area contributed by atoms with Crippen LogP contribution in [0.5, 0.6) is 11.6 Å². The molecule has 0 aliphatic carbocycles. The van der Waals surface area contributed by atoms with Crippen molar-refractivity contribution in [1.82, 2.24) is 10.3 Å². The summed E-state index contributed by atoms with van der Waals surface area (Å²) in [5.41, 5.74) is 3.38. The molecular formula is C18H24N2O. The van der Waals surface area contributed by atoms with Crippen molar-refractivity contribution < 1.29 is 4.74 Å². The molecule has 1 N–H and O–H groups in total. The molecule has 2 rings (SSSR count). The Labute approximate surface area is 127 Å². The van der Waals surface area contributed by atoms with Crippen molar-refractivity contribution in [2.24, 2.45) is 0 Å². The predicted molar refractivity (Wildman–Crippen MR) is 86.8 cm³/mol. The van der Waals surface area contributed by atoms with Gasteiger partial charge in [0.05, 0.1) is 0 Å². The molecule has 112 valence electrons. The van der Waals surface area contributed by atoms with Crippen LogP contribution < -0.4 is 10.1 Å². The molecule has 1 heterocycles. The van der Waals surface area contributed by atoms with Gasteiger partial charge >= 0.3 is 0 Å². The fourth-order valence-electron chi connectivity index (χ4n) is 2.06. The molecule has 0 radical (unpaired) electrons. The summed E-state index contributed by atoms with van der Waals surface area (Å²) >= 11 is 0. The van der Waals surface area contributed by atoms with Crippen LogP contribution in [0.2, 0.25) is 0 Å². The second kappa shape index (κ2) is 7.23. The van der Waals surface area contributed by atoms with Crippen molar-refractivity contribution in [2.75, 3.05) is 0 Å². The third-order valence-electron chi connectivity index (χ3n) is 3.30. The van der Waals surface area contributed by atoms with E-state index in [1.807, 2.05) is 37.3 Å². The van der Waals surface area contributed by atoms with Crippen LogP contribution in [-0.4, -0.2) is 11.0 Å². The number of hydrogen-bond donors (Lipinski definition) is 1. The molecule has 2 aromatic rings. The van der Waals surface area contributed by atoms with Crippen LogP contribution in [0.25, 0.3) is 0 Å². The first kappa shape index (κ1) is 15.5. The maximum Gasteiger partial charge on any atom is 0.219 e. The second-order valence-corrected chi connectivity index (χ2v) is 5.56. The lowest BCUT2D eigenvalue weighted by atomic mass is 10.2. The smallest absolute Gasteiger partial charge is 0.219 e. The van der Waals surface area contributed by atoms with Gasteiger partial charge in [-0.15, -0.1) is 0 Å². The maximum absolute atomic E-state index is 5.96. The molecular weight excluding hydrogens is 260 g/mol. The number of aryl methyl sites for hydroxylation is 2. The zero-order chi connectivity index (χ0) is 15.2. The van der Waals surface area contributed by atoms with Crippen molar-refractivity contribution in [3.8, 4) is 11.6 Å². The molecule has 3 nitrogen and oxygen atoms in total. The van der Waals surface area contributed by atoms with Gasteiger partial charge in [0.1, 0.15) is 5.75 Å². The van der Waals surface area contributed by atoms with Gasteiger partial charge in [0.2, 0.25) is 5.88 Å². The number of nitrogens with zero attached hydrogens (tertiary/aromatic N) is 1. The molecule has 0 bridgehead atoms. The van der Waals surface area contributed by atoms with Gasteiger partial charge < -0.3 is 10.1 Å². The molecule has 0 atom stereocenters. The van der Waals surface area contributed by atoms with Crippen molar-refractivity contribution in [2.45, 2.75) is 46.7 Å². The molecule has 0 aliphatic heterocycles. The van der Waals surface area contributed by atoms with Gasteiger partial charge in [-0.1, -0.05) is 39.0 Å². The average Bonchev–Trinajstić information content (AvgIpc) is 2.47. The lowest BCUT2D eigenvalue weighted by molar-refractivity contribution is 0.455. The Hall–Kier alpha value is -1.87. The highest BCUT2D eigenvalue weighted by Crippen LogP contribution is 2.24. The van der Waals surface area contributed by atoms with Crippen LogP contribution in [0.4, 0.5) is 0 Å². The molecule has 1 aromatic heterocycles. The topological polar surface area (TPSA) is 34.1 Å². The van der Waals surface area contributed by atoms with E-state index in [1.54, 1.807) is 0 Å². The van der Waals surface area contributed by atoms with Crippen molar-refractivity contribution in [1.29, 1.82) is 0 Å². The first-order chi connectivity index (χ1) is 10.1. The van der Waals surface area contributed by atoms with Gasteiger partial charge in [-0.25, -0.2) is 4.98 Å². The number of nitrogens with one attached hydrogen (secondary N) is 1.